The number of aromatic nitrogens is 3. The van der Waals surface area contributed by atoms with Crippen LogP contribution < -0.4 is 16.6 Å². The van der Waals surface area contributed by atoms with Crippen LogP contribution in [0.1, 0.15) is 22.9 Å². The van der Waals surface area contributed by atoms with E-state index in [1.165, 1.54) is 23.7 Å². The molecule has 0 saturated heterocycles. The van der Waals surface area contributed by atoms with Gasteiger partial charge in [0.05, 0.1) is 39.7 Å². The zero-order chi connectivity index (χ0) is 24.4. The number of hydrogen-bond acceptors (Lipinski definition) is 3. The lowest BCUT2D eigenvalue weighted by atomic mass is 9.99. The minimum absolute atomic E-state index is 0.352. The number of fused-ring (bicyclic) bond motifs is 5. The molecule has 6 nitrogen and oxygen atoms in total. The van der Waals surface area contributed by atoms with Gasteiger partial charge >= 0.3 is 5.69 Å². The second kappa shape index (κ2) is 7.56. The second-order valence-corrected chi connectivity index (χ2v) is 8.96. The van der Waals surface area contributed by atoms with Crippen LogP contribution >= 0.6 is 0 Å². The van der Waals surface area contributed by atoms with E-state index in [0.29, 0.717) is 16.5 Å². The Hall–Kier alpha value is -4.39. The molecule has 1 atom stereocenters. The van der Waals surface area contributed by atoms with Crippen LogP contribution in [0.15, 0.2) is 82.4 Å². The van der Waals surface area contributed by atoms with Gasteiger partial charge in [0.25, 0.3) is 5.56 Å². The first-order valence-electron chi connectivity index (χ1n) is 11.4. The Balaban J connectivity index is 1.89. The van der Waals surface area contributed by atoms with Gasteiger partial charge in [-0.2, -0.15) is 0 Å². The lowest BCUT2D eigenvalue weighted by Crippen LogP contribution is -2.37. The molecule has 7 heteroatoms. The average molecular weight is 467 g/mol. The smallest absolute Gasteiger partial charge is 0.331 e. The predicted molar refractivity (Wildman–Crippen MR) is 136 cm³/mol. The van der Waals surface area contributed by atoms with Crippen molar-refractivity contribution in [1.82, 2.24) is 13.7 Å². The standard InChI is InChI=1S/C28H23FN4O2/c1-16-9-4-5-12-19(16)24-22-25(31(2)28(35)32(3)27(22)34)26-23(17-10-8-11-18(29)15-17)30-20-13-6-7-14-21(20)33(24)26/h4-15,23,30H,1-3H3. The number of nitrogens with zero attached hydrogens (tertiary/aromatic N) is 3. The molecule has 3 aromatic carbocycles. The van der Waals surface area contributed by atoms with E-state index in [-0.39, 0.29) is 11.4 Å². The van der Waals surface area contributed by atoms with E-state index >= 15 is 0 Å². The highest BCUT2D eigenvalue weighted by atomic mass is 19.1. The van der Waals surface area contributed by atoms with Crippen molar-refractivity contribution in [2.45, 2.75) is 13.0 Å². The molecule has 2 aromatic heterocycles. The van der Waals surface area contributed by atoms with Gasteiger partial charge in [0, 0.05) is 19.7 Å². The van der Waals surface area contributed by atoms with Gasteiger partial charge in [-0.1, -0.05) is 48.5 Å². The monoisotopic (exact) mass is 466 g/mol. The number of halogens is 1. The number of benzene rings is 3. The van der Waals surface area contributed by atoms with Crippen molar-refractivity contribution in [3.05, 3.63) is 116 Å². The van der Waals surface area contributed by atoms with Crippen molar-refractivity contribution in [2.24, 2.45) is 14.1 Å². The molecule has 1 aliphatic rings. The number of aryl methyl sites for hydroxylation is 2. The molecular formula is C28H23FN4O2. The average Bonchev–Trinajstić information content (AvgIpc) is 3.22. The molecule has 0 saturated carbocycles. The SMILES string of the molecule is Cc1ccccc1-c1c2c(=O)n(C)c(=O)n(C)c2c2n1-c1ccccc1NC2c1cccc(F)c1. The van der Waals surface area contributed by atoms with E-state index in [2.05, 4.69) is 9.88 Å². The number of nitrogens with one attached hydrogen (secondary N) is 1. The minimum atomic E-state index is -0.487. The van der Waals surface area contributed by atoms with Gasteiger partial charge < -0.3 is 9.88 Å². The maximum atomic E-state index is 14.3. The maximum Gasteiger partial charge on any atom is 0.331 e. The van der Waals surface area contributed by atoms with Crippen LogP contribution in [0.5, 0.6) is 0 Å². The molecule has 0 amide bonds. The van der Waals surface area contributed by atoms with Gasteiger partial charge in [0.1, 0.15) is 5.82 Å². The summed E-state index contributed by atoms with van der Waals surface area (Å²) in [4.78, 5) is 26.8. The fraction of sp³-hybridized carbons (Fsp3) is 0.143. The molecular weight excluding hydrogens is 443 g/mol. The first-order chi connectivity index (χ1) is 16.9. The summed E-state index contributed by atoms with van der Waals surface area (Å²) in [6.07, 6.45) is 0. The Morgan fingerprint density at radius 3 is 2.40 bits per heavy atom. The first-order valence-corrected chi connectivity index (χ1v) is 11.4. The molecule has 1 N–H and O–H groups in total. The van der Waals surface area contributed by atoms with Crippen LogP contribution in [0.3, 0.4) is 0 Å². The Bertz CT molecular complexity index is 1780. The first kappa shape index (κ1) is 21.2. The van der Waals surface area contributed by atoms with E-state index in [1.54, 1.807) is 13.1 Å². The maximum absolute atomic E-state index is 14.3. The molecule has 0 radical (unpaired) electrons. The zero-order valence-electron chi connectivity index (χ0n) is 19.5. The summed E-state index contributed by atoms with van der Waals surface area (Å²) < 4.78 is 19.1. The van der Waals surface area contributed by atoms with Crippen molar-refractivity contribution in [2.75, 3.05) is 5.32 Å². The van der Waals surface area contributed by atoms with Crippen molar-refractivity contribution in [1.29, 1.82) is 0 Å². The molecule has 0 spiro atoms. The lowest BCUT2D eigenvalue weighted by molar-refractivity contribution is 0.623. The summed E-state index contributed by atoms with van der Waals surface area (Å²) in [5.41, 5.74) is 5.52. The Morgan fingerprint density at radius 2 is 1.63 bits per heavy atom. The number of para-hydroxylation sites is 2. The Morgan fingerprint density at radius 1 is 0.886 bits per heavy atom. The van der Waals surface area contributed by atoms with Crippen molar-refractivity contribution >= 4 is 16.6 Å². The number of hydrogen-bond donors (Lipinski definition) is 1. The topological polar surface area (TPSA) is 61.0 Å². The molecule has 1 aliphatic heterocycles. The summed E-state index contributed by atoms with van der Waals surface area (Å²) in [7, 11) is 3.17. The third-order valence-corrected chi connectivity index (χ3v) is 6.91. The number of anilines is 1. The van der Waals surface area contributed by atoms with Crippen LogP contribution in [-0.4, -0.2) is 13.7 Å². The highest BCUT2D eigenvalue weighted by molar-refractivity contribution is 5.99. The molecule has 3 heterocycles. The third-order valence-electron chi connectivity index (χ3n) is 6.91. The van der Waals surface area contributed by atoms with Crippen LogP contribution in [0.25, 0.3) is 27.8 Å². The van der Waals surface area contributed by atoms with Crippen LogP contribution in [0.4, 0.5) is 10.1 Å². The van der Waals surface area contributed by atoms with Crippen molar-refractivity contribution in [3.63, 3.8) is 0 Å². The van der Waals surface area contributed by atoms with Gasteiger partial charge in [-0.3, -0.25) is 13.9 Å². The summed E-state index contributed by atoms with van der Waals surface area (Å²) in [6, 6.07) is 21.6. The van der Waals surface area contributed by atoms with E-state index in [9.17, 15) is 14.0 Å². The minimum Gasteiger partial charge on any atom is -0.371 e. The molecule has 0 fully saturated rings. The van der Waals surface area contributed by atoms with Gasteiger partial charge in [0.15, 0.2) is 0 Å². The molecule has 1 unspecified atom stereocenters. The molecule has 174 valence electrons. The number of rotatable bonds is 2. The lowest BCUT2D eigenvalue weighted by Gasteiger charge is -2.31. The van der Waals surface area contributed by atoms with Crippen molar-refractivity contribution < 1.29 is 4.39 Å². The van der Waals surface area contributed by atoms with Gasteiger partial charge in [-0.05, 0) is 42.3 Å². The largest absolute Gasteiger partial charge is 0.371 e. The fourth-order valence-electron chi connectivity index (χ4n) is 5.25. The van der Waals surface area contributed by atoms with Gasteiger partial charge in [-0.15, -0.1) is 0 Å². The second-order valence-electron chi connectivity index (χ2n) is 8.96. The van der Waals surface area contributed by atoms with E-state index < -0.39 is 11.7 Å². The van der Waals surface area contributed by atoms with Crippen LogP contribution in [-0.2, 0) is 14.1 Å². The van der Waals surface area contributed by atoms with E-state index in [0.717, 1.165) is 38.5 Å². The Kier molecular flexibility index (Phi) is 4.57. The van der Waals surface area contributed by atoms with Gasteiger partial charge in [-0.25, -0.2) is 9.18 Å². The zero-order valence-corrected chi connectivity index (χ0v) is 19.5. The summed E-state index contributed by atoms with van der Waals surface area (Å²) in [5.74, 6) is -0.352. The van der Waals surface area contributed by atoms with Crippen LogP contribution in [0.2, 0.25) is 0 Å². The molecule has 6 rings (SSSR count). The molecule has 0 aliphatic carbocycles. The quantitative estimate of drug-likeness (QED) is 0.412. The van der Waals surface area contributed by atoms with Crippen LogP contribution in [0, 0.1) is 12.7 Å². The molecule has 35 heavy (non-hydrogen) atoms. The van der Waals surface area contributed by atoms with E-state index in [1.807, 2.05) is 61.5 Å². The summed E-state index contributed by atoms with van der Waals surface area (Å²) in [6.45, 7) is 2.00. The Labute approximate surface area is 200 Å². The van der Waals surface area contributed by atoms with Crippen molar-refractivity contribution in [3.8, 4) is 16.9 Å². The molecule has 5 aromatic rings. The van der Waals surface area contributed by atoms with Gasteiger partial charge in [0.2, 0.25) is 0 Å². The predicted octanol–water partition coefficient (Wildman–Crippen LogP) is 4.66. The van der Waals surface area contributed by atoms with E-state index in [4.69, 9.17) is 0 Å². The highest BCUT2D eigenvalue weighted by Crippen LogP contribution is 2.45. The molecule has 0 bridgehead atoms. The summed E-state index contributed by atoms with van der Waals surface area (Å²) >= 11 is 0. The summed E-state index contributed by atoms with van der Waals surface area (Å²) in [5, 5.41) is 3.99. The highest BCUT2D eigenvalue weighted by Gasteiger charge is 2.35. The fourth-order valence-corrected chi connectivity index (χ4v) is 5.25. The third kappa shape index (κ3) is 2.94. The normalized spacial score (nSPS) is 14.5.